The van der Waals surface area contributed by atoms with E-state index in [2.05, 4.69) is 0 Å². The molecule has 0 aliphatic rings. The lowest BCUT2D eigenvalue weighted by Gasteiger charge is -2.24. The number of halogens is 2. The van der Waals surface area contributed by atoms with E-state index in [1.807, 2.05) is 6.92 Å². The van der Waals surface area contributed by atoms with Gasteiger partial charge in [0.2, 0.25) is 0 Å². The number of rotatable bonds is 5. The Bertz CT molecular complexity index is 463. The summed E-state index contributed by atoms with van der Waals surface area (Å²) < 4.78 is 27.6. The first-order valence-corrected chi connectivity index (χ1v) is 6.36. The fourth-order valence-electron chi connectivity index (χ4n) is 1.82. The molecule has 2 N–H and O–H groups in total. The van der Waals surface area contributed by atoms with E-state index in [0.29, 0.717) is 19.6 Å². The van der Waals surface area contributed by atoms with Crippen molar-refractivity contribution >= 4 is 5.91 Å². The molecule has 3 nitrogen and oxygen atoms in total. The highest BCUT2D eigenvalue weighted by atomic mass is 19.1. The zero-order chi connectivity index (χ0) is 14.6. The summed E-state index contributed by atoms with van der Waals surface area (Å²) in [6.45, 7) is 6.35. The van der Waals surface area contributed by atoms with Crippen LogP contribution >= 0.6 is 0 Å². The van der Waals surface area contributed by atoms with Gasteiger partial charge in [0.15, 0.2) is 0 Å². The predicted molar refractivity (Wildman–Crippen MR) is 70.9 cm³/mol. The third-order valence-electron chi connectivity index (χ3n) is 3.10. The highest BCUT2D eigenvalue weighted by Crippen LogP contribution is 2.18. The summed E-state index contributed by atoms with van der Waals surface area (Å²) in [5, 5.41) is 0. The van der Waals surface area contributed by atoms with Crippen molar-refractivity contribution in [2.45, 2.75) is 20.8 Å². The van der Waals surface area contributed by atoms with Crippen LogP contribution in [0.2, 0.25) is 0 Å². The average Bonchev–Trinajstić information content (AvgIpc) is 2.40. The van der Waals surface area contributed by atoms with Crippen LogP contribution in [0.25, 0.3) is 0 Å². The SMILES string of the molecule is CCN(CC(C)CN)C(=O)c1c(F)ccc(C)c1F. The van der Waals surface area contributed by atoms with E-state index >= 15 is 0 Å². The number of benzene rings is 1. The molecule has 1 aromatic carbocycles. The molecule has 0 aliphatic heterocycles. The van der Waals surface area contributed by atoms with Gasteiger partial charge >= 0.3 is 0 Å². The Labute approximate surface area is 112 Å². The van der Waals surface area contributed by atoms with E-state index in [1.165, 1.54) is 17.9 Å². The smallest absolute Gasteiger partial charge is 0.259 e. The molecule has 0 radical (unpaired) electrons. The first kappa shape index (κ1) is 15.6. The van der Waals surface area contributed by atoms with Gasteiger partial charge in [-0.25, -0.2) is 8.78 Å². The molecule has 1 rings (SSSR count). The Kier molecular flexibility index (Phi) is 5.42. The van der Waals surface area contributed by atoms with Crippen LogP contribution in [0.15, 0.2) is 12.1 Å². The minimum atomic E-state index is -0.827. The highest BCUT2D eigenvalue weighted by Gasteiger charge is 2.24. The summed E-state index contributed by atoms with van der Waals surface area (Å²) in [7, 11) is 0. The first-order valence-electron chi connectivity index (χ1n) is 6.36. The van der Waals surface area contributed by atoms with Crippen LogP contribution in [0.5, 0.6) is 0 Å². The van der Waals surface area contributed by atoms with Gasteiger partial charge in [0.05, 0.1) is 0 Å². The van der Waals surface area contributed by atoms with E-state index in [0.717, 1.165) is 6.07 Å². The zero-order valence-corrected chi connectivity index (χ0v) is 11.5. The molecule has 0 saturated carbocycles. The fraction of sp³-hybridized carbons (Fsp3) is 0.500. The van der Waals surface area contributed by atoms with Crippen LogP contribution in [0.1, 0.15) is 29.8 Å². The molecular weight excluding hydrogens is 250 g/mol. The fourth-order valence-corrected chi connectivity index (χ4v) is 1.82. The van der Waals surface area contributed by atoms with Gasteiger partial charge in [-0.1, -0.05) is 13.0 Å². The van der Waals surface area contributed by atoms with Gasteiger partial charge in [0, 0.05) is 13.1 Å². The Balaban J connectivity index is 3.07. The largest absolute Gasteiger partial charge is 0.338 e. The summed E-state index contributed by atoms with van der Waals surface area (Å²) in [5.41, 5.74) is 5.29. The van der Waals surface area contributed by atoms with Crippen molar-refractivity contribution in [3.63, 3.8) is 0 Å². The van der Waals surface area contributed by atoms with E-state index in [4.69, 9.17) is 5.73 Å². The third-order valence-corrected chi connectivity index (χ3v) is 3.10. The number of hydrogen-bond donors (Lipinski definition) is 1. The molecule has 1 unspecified atom stereocenters. The van der Waals surface area contributed by atoms with Crippen LogP contribution < -0.4 is 5.73 Å². The van der Waals surface area contributed by atoms with E-state index in [-0.39, 0.29) is 11.5 Å². The minimum absolute atomic E-state index is 0.0832. The van der Waals surface area contributed by atoms with Crippen molar-refractivity contribution in [3.8, 4) is 0 Å². The van der Waals surface area contributed by atoms with Crippen LogP contribution in [0, 0.1) is 24.5 Å². The number of nitrogens with two attached hydrogens (primary N) is 1. The summed E-state index contributed by atoms with van der Waals surface area (Å²) in [4.78, 5) is 13.6. The molecule has 0 bridgehead atoms. The van der Waals surface area contributed by atoms with Gasteiger partial charge in [-0.15, -0.1) is 0 Å². The standard InChI is InChI=1S/C14H20F2N2O/c1-4-18(8-9(2)7-17)14(19)12-11(15)6-5-10(3)13(12)16/h5-6,9H,4,7-8,17H2,1-3H3. The van der Waals surface area contributed by atoms with Crippen molar-refractivity contribution in [1.82, 2.24) is 4.90 Å². The predicted octanol–water partition coefficient (Wildman–Crippen LogP) is 2.33. The second-order valence-electron chi connectivity index (χ2n) is 4.74. The molecule has 1 aromatic rings. The summed E-state index contributed by atoms with van der Waals surface area (Å²) >= 11 is 0. The summed E-state index contributed by atoms with van der Waals surface area (Å²) in [6, 6.07) is 2.44. The van der Waals surface area contributed by atoms with Gasteiger partial charge in [-0.05, 0) is 37.9 Å². The number of nitrogens with zero attached hydrogens (tertiary/aromatic N) is 1. The Morgan fingerprint density at radius 3 is 2.58 bits per heavy atom. The first-order chi connectivity index (χ1) is 8.92. The number of hydrogen-bond acceptors (Lipinski definition) is 2. The van der Waals surface area contributed by atoms with Crippen LogP contribution in [0.3, 0.4) is 0 Å². The molecule has 0 aliphatic carbocycles. The van der Waals surface area contributed by atoms with E-state index in [1.54, 1.807) is 6.92 Å². The molecule has 0 aromatic heterocycles. The molecule has 0 heterocycles. The number of amides is 1. The van der Waals surface area contributed by atoms with Crippen molar-refractivity contribution < 1.29 is 13.6 Å². The molecule has 106 valence electrons. The maximum absolute atomic E-state index is 13.9. The number of carbonyl (C=O) groups excluding carboxylic acids is 1. The molecule has 1 amide bonds. The Hall–Kier alpha value is -1.49. The number of aryl methyl sites for hydroxylation is 1. The van der Waals surface area contributed by atoms with Crippen molar-refractivity contribution in [2.24, 2.45) is 11.7 Å². The van der Waals surface area contributed by atoms with Gasteiger partial charge in [0.25, 0.3) is 5.91 Å². The minimum Gasteiger partial charge on any atom is -0.338 e. The van der Waals surface area contributed by atoms with E-state index in [9.17, 15) is 13.6 Å². The van der Waals surface area contributed by atoms with Crippen molar-refractivity contribution in [3.05, 3.63) is 34.9 Å². The molecule has 0 spiro atoms. The van der Waals surface area contributed by atoms with Gasteiger partial charge < -0.3 is 10.6 Å². The van der Waals surface area contributed by atoms with Gasteiger partial charge in [-0.3, -0.25) is 4.79 Å². The molecule has 19 heavy (non-hydrogen) atoms. The zero-order valence-electron chi connectivity index (χ0n) is 11.5. The molecule has 0 saturated heterocycles. The molecule has 5 heteroatoms. The second kappa shape index (κ2) is 6.61. The third kappa shape index (κ3) is 3.50. The van der Waals surface area contributed by atoms with Crippen LogP contribution in [0.4, 0.5) is 8.78 Å². The monoisotopic (exact) mass is 270 g/mol. The lowest BCUT2D eigenvalue weighted by Crippen LogP contribution is -2.37. The average molecular weight is 270 g/mol. The summed E-state index contributed by atoms with van der Waals surface area (Å²) in [5.74, 6) is -2.16. The lowest BCUT2D eigenvalue weighted by atomic mass is 10.1. The highest BCUT2D eigenvalue weighted by molar-refractivity contribution is 5.95. The molecular formula is C14H20F2N2O. The Morgan fingerprint density at radius 2 is 2.05 bits per heavy atom. The van der Waals surface area contributed by atoms with Gasteiger partial charge in [-0.2, -0.15) is 0 Å². The lowest BCUT2D eigenvalue weighted by molar-refractivity contribution is 0.0733. The van der Waals surface area contributed by atoms with Crippen molar-refractivity contribution in [1.29, 1.82) is 0 Å². The maximum atomic E-state index is 13.9. The van der Waals surface area contributed by atoms with Crippen LogP contribution in [-0.4, -0.2) is 30.4 Å². The van der Waals surface area contributed by atoms with Gasteiger partial charge in [0.1, 0.15) is 17.2 Å². The normalized spacial score (nSPS) is 12.3. The Morgan fingerprint density at radius 1 is 1.42 bits per heavy atom. The number of carbonyl (C=O) groups is 1. The molecule has 1 atom stereocenters. The van der Waals surface area contributed by atoms with Crippen molar-refractivity contribution in [2.75, 3.05) is 19.6 Å². The molecule has 0 fully saturated rings. The van der Waals surface area contributed by atoms with Crippen LogP contribution in [-0.2, 0) is 0 Å². The maximum Gasteiger partial charge on any atom is 0.259 e. The topological polar surface area (TPSA) is 46.3 Å². The quantitative estimate of drug-likeness (QED) is 0.892. The summed E-state index contributed by atoms with van der Waals surface area (Å²) in [6.07, 6.45) is 0. The second-order valence-corrected chi connectivity index (χ2v) is 4.74. The van der Waals surface area contributed by atoms with E-state index < -0.39 is 23.1 Å².